The fraction of sp³-hybridized carbons (Fsp3) is 0.273. The molecule has 0 amide bonds. The molecule has 0 aromatic heterocycles. The lowest BCUT2D eigenvalue weighted by Crippen LogP contribution is -2.32. The van der Waals surface area contributed by atoms with Gasteiger partial charge in [-0.2, -0.15) is 0 Å². The third kappa shape index (κ3) is 3.09. The fourth-order valence-electron chi connectivity index (χ4n) is 3.66. The lowest BCUT2D eigenvalue weighted by molar-refractivity contribution is -0.136. The molecule has 0 spiro atoms. The monoisotopic (exact) mass is 364 g/mol. The Morgan fingerprint density at radius 3 is 2.67 bits per heavy atom. The molecule has 27 heavy (non-hydrogen) atoms. The van der Waals surface area contributed by atoms with Gasteiger partial charge in [0.1, 0.15) is 5.75 Å². The molecule has 2 aliphatic rings. The largest absolute Gasteiger partial charge is 0.464 e. The van der Waals surface area contributed by atoms with Gasteiger partial charge in [-0.15, -0.1) is 0 Å². The van der Waals surface area contributed by atoms with E-state index in [1.807, 2.05) is 42.5 Å². The number of ether oxygens (including phenoxy) is 4. The van der Waals surface area contributed by atoms with Gasteiger partial charge in [0.15, 0.2) is 11.5 Å². The maximum absolute atomic E-state index is 9.86. The van der Waals surface area contributed by atoms with Crippen molar-refractivity contribution in [3.05, 3.63) is 54.6 Å². The van der Waals surface area contributed by atoms with Gasteiger partial charge in [0.05, 0.1) is 12.7 Å². The third-order valence-electron chi connectivity index (χ3n) is 5.05. The summed E-state index contributed by atoms with van der Waals surface area (Å²) in [5, 5.41) is 12.0. The second-order valence-electron chi connectivity index (χ2n) is 6.82. The van der Waals surface area contributed by atoms with E-state index in [0.717, 1.165) is 39.1 Å². The smallest absolute Gasteiger partial charge is 0.231 e. The molecular formula is C22H20O5. The molecule has 0 saturated carbocycles. The van der Waals surface area contributed by atoms with Crippen molar-refractivity contribution < 1.29 is 24.1 Å². The summed E-state index contributed by atoms with van der Waals surface area (Å²) in [6.45, 7) is 0.776. The molecule has 0 bridgehead atoms. The molecule has 138 valence electrons. The van der Waals surface area contributed by atoms with Crippen molar-refractivity contribution in [3.8, 4) is 28.4 Å². The second-order valence-corrected chi connectivity index (χ2v) is 6.82. The molecule has 0 aliphatic carbocycles. The van der Waals surface area contributed by atoms with Crippen molar-refractivity contribution in [1.29, 1.82) is 0 Å². The van der Waals surface area contributed by atoms with Gasteiger partial charge in [0.25, 0.3) is 0 Å². The molecule has 1 saturated heterocycles. The van der Waals surface area contributed by atoms with E-state index in [4.69, 9.17) is 18.9 Å². The highest BCUT2D eigenvalue weighted by atomic mass is 16.7. The minimum atomic E-state index is -0.423. The van der Waals surface area contributed by atoms with E-state index in [0.29, 0.717) is 19.4 Å². The SMILES string of the molecule is OC1CCOC(Oc2ccc(-c3ccc4c(c3)OCO4)c3ccccc23)C1. The van der Waals surface area contributed by atoms with Crippen LogP contribution in [-0.4, -0.2) is 30.9 Å². The maximum Gasteiger partial charge on any atom is 0.231 e. The molecule has 5 heteroatoms. The zero-order chi connectivity index (χ0) is 18.2. The van der Waals surface area contributed by atoms with Crippen LogP contribution in [0.3, 0.4) is 0 Å². The zero-order valence-corrected chi connectivity index (χ0v) is 14.8. The van der Waals surface area contributed by atoms with Crippen LogP contribution in [-0.2, 0) is 4.74 Å². The van der Waals surface area contributed by atoms with Gasteiger partial charge in [-0.05, 0) is 41.1 Å². The van der Waals surface area contributed by atoms with Gasteiger partial charge in [-0.1, -0.05) is 36.4 Å². The minimum Gasteiger partial charge on any atom is -0.464 e. The van der Waals surface area contributed by atoms with Crippen molar-refractivity contribution in [2.75, 3.05) is 13.4 Å². The average molecular weight is 364 g/mol. The van der Waals surface area contributed by atoms with E-state index >= 15 is 0 Å². The highest BCUT2D eigenvalue weighted by molar-refractivity contribution is 6.00. The number of aliphatic hydroxyl groups excluding tert-OH is 1. The van der Waals surface area contributed by atoms with E-state index in [1.165, 1.54) is 0 Å². The Morgan fingerprint density at radius 1 is 0.926 bits per heavy atom. The van der Waals surface area contributed by atoms with E-state index < -0.39 is 6.29 Å². The molecule has 3 aromatic rings. The summed E-state index contributed by atoms with van der Waals surface area (Å²) in [5.41, 5.74) is 2.16. The Bertz CT molecular complexity index is 984. The summed E-state index contributed by atoms with van der Waals surface area (Å²) in [6.07, 6.45) is 0.346. The van der Waals surface area contributed by atoms with Crippen LogP contribution in [0.25, 0.3) is 21.9 Å². The van der Waals surface area contributed by atoms with Gasteiger partial charge in [-0.3, -0.25) is 0 Å². The first-order valence-electron chi connectivity index (χ1n) is 9.16. The van der Waals surface area contributed by atoms with Crippen LogP contribution in [0.15, 0.2) is 54.6 Å². The van der Waals surface area contributed by atoms with Gasteiger partial charge >= 0.3 is 0 Å². The van der Waals surface area contributed by atoms with Crippen LogP contribution in [0.4, 0.5) is 0 Å². The zero-order valence-electron chi connectivity index (χ0n) is 14.8. The van der Waals surface area contributed by atoms with Crippen LogP contribution in [0.1, 0.15) is 12.8 Å². The number of rotatable bonds is 3. The number of aliphatic hydroxyl groups is 1. The van der Waals surface area contributed by atoms with Gasteiger partial charge < -0.3 is 24.1 Å². The summed E-state index contributed by atoms with van der Waals surface area (Å²) < 4.78 is 22.7. The lowest BCUT2D eigenvalue weighted by atomic mass is 9.97. The summed E-state index contributed by atoms with van der Waals surface area (Å²) in [6, 6.07) is 18.1. The highest BCUT2D eigenvalue weighted by Crippen LogP contribution is 2.40. The molecule has 3 aromatic carbocycles. The molecule has 1 N–H and O–H groups in total. The van der Waals surface area contributed by atoms with Gasteiger partial charge in [0.2, 0.25) is 13.1 Å². The predicted octanol–water partition coefficient (Wildman–Crippen LogP) is 4.11. The van der Waals surface area contributed by atoms with Crippen molar-refractivity contribution in [2.45, 2.75) is 25.2 Å². The van der Waals surface area contributed by atoms with Crippen molar-refractivity contribution in [2.24, 2.45) is 0 Å². The van der Waals surface area contributed by atoms with E-state index in [9.17, 15) is 5.11 Å². The molecule has 5 rings (SSSR count). The standard InChI is InChI=1S/C22H20O5/c23-15-9-10-24-22(12-15)27-19-8-6-16(17-3-1-2-4-18(17)19)14-5-7-20-21(11-14)26-13-25-20/h1-8,11,15,22-23H,9-10,12-13H2. The van der Waals surface area contributed by atoms with Crippen molar-refractivity contribution >= 4 is 10.8 Å². The first-order valence-corrected chi connectivity index (χ1v) is 9.16. The fourth-order valence-corrected chi connectivity index (χ4v) is 3.66. The summed E-state index contributed by atoms with van der Waals surface area (Å²) in [7, 11) is 0. The molecular weight excluding hydrogens is 344 g/mol. The Hall–Kier alpha value is -2.76. The Labute approximate surface area is 157 Å². The molecule has 2 aliphatic heterocycles. The normalized spacial score (nSPS) is 21.4. The number of hydrogen-bond donors (Lipinski definition) is 1. The Kier molecular flexibility index (Phi) is 4.11. The molecule has 2 unspecified atom stereocenters. The quantitative estimate of drug-likeness (QED) is 0.758. The molecule has 0 radical (unpaired) electrons. The van der Waals surface area contributed by atoms with Crippen LogP contribution in [0.2, 0.25) is 0 Å². The average Bonchev–Trinajstić information content (AvgIpc) is 3.16. The van der Waals surface area contributed by atoms with Crippen molar-refractivity contribution in [3.63, 3.8) is 0 Å². The topological polar surface area (TPSA) is 57.2 Å². The molecule has 5 nitrogen and oxygen atoms in total. The van der Waals surface area contributed by atoms with E-state index in [2.05, 4.69) is 12.1 Å². The second kappa shape index (κ2) is 6.76. The van der Waals surface area contributed by atoms with Gasteiger partial charge in [-0.25, -0.2) is 0 Å². The number of benzene rings is 3. The summed E-state index contributed by atoms with van der Waals surface area (Å²) in [5.74, 6) is 2.30. The lowest BCUT2D eigenvalue weighted by Gasteiger charge is -2.27. The van der Waals surface area contributed by atoms with Crippen LogP contribution >= 0.6 is 0 Å². The first kappa shape index (κ1) is 16.4. The van der Waals surface area contributed by atoms with Crippen LogP contribution in [0, 0.1) is 0 Å². The summed E-state index contributed by atoms with van der Waals surface area (Å²) in [4.78, 5) is 0. The highest BCUT2D eigenvalue weighted by Gasteiger charge is 2.23. The first-order chi connectivity index (χ1) is 13.3. The van der Waals surface area contributed by atoms with E-state index in [-0.39, 0.29) is 12.9 Å². The molecule has 1 fully saturated rings. The van der Waals surface area contributed by atoms with Crippen LogP contribution in [0.5, 0.6) is 17.2 Å². The summed E-state index contributed by atoms with van der Waals surface area (Å²) >= 11 is 0. The Morgan fingerprint density at radius 2 is 1.78 bits per heavy atom. The number of hydrogen-bond acceptors (Lipinski definition) is 5. The number of fused-ring (bicyclic) bond motifs is 2. The minimum absolute atomic E-state index is 0.263. The molecule has 2 heterocycles. The third-order valence-corrected chi connectivity index (χ3v) is 5.05. The Balaban J connectivity index is 1.54. The van der Waals surface area contributed by atoms with Gasteiger partial charge in [0, 0.05) is 11.8 Å². The van der Waals surface area contributed by atoms with E-state index in [1.54, 1.807) is 0 Å². The predicted molar refractivity (Wildman–Crippen MR) is 101 cm³/mol. The van der Waals surface area contributed by atoms with Crippen LogP contribution < -0.4 is 14.2 Å². The van der Waals surface area contributed by atoms with Crippen molar-refractivity contribution in [1.82, 2.24) is 0 Å². The molecule has 2 atom stereocenters. The maximum atomic E-state index is 9.86.